The number of ketones is 1. The number of carbonyl (C=O) groups excluding carboxylic acids is 1. The topological polar surface area (TPSA) is 55.6 Å². The van der Waals surface area contributed by atoms with Gasteiger partial charge in [0.05, 0.1) is 18.8 Å². The smallest absolute Gasteiger partial charge is 0.176 e. The molecule has 4 nitrogen and oxygen atoms in total. The summed E-state index contributed by atoms with van der Waals surface area (Å²) in [5.74, 6) is 0.114. The first-order chi connectivity index (χ1) is 8.54. The maximum Gasteiger partial charge on any atom is 0.176 e. The lowest BCUT2D eigenvalue weighted by molar-refractivity contribution is -0.0652. The lowest BCUT2D eigenvalue weighted by Gasteiger charge is -2.34. The van der Waals surface area contributed by atoms with Gasteiger partial charge in [-0.15, -0.1) is 0 Å². The van der Waals surface area contributed by atoms with E-state index in [2.05, 4.69) is 4.90 Å². The predicted octanol–water partition coefficient (Wildman–Crippen LogP) is 1.56. The predicted molar refractivity (Wildman–Crippen MR) is 71.6 cm³/mol. The van der Waals surface area contributed by atoms with Crippen LogP contribution in [-0.4, -0.2) is 42.5 Å². The zero-order valence-corrected chi connectivity index (χ0v) is 10.9. The van der Waals surface area contributed by atoms with E-state index in [0.29, 0.717) is 17.8 Å². The third kappa shape index (κ3) is 3.31. The van der Waals surface area contributed by atoms with Crippen molar-refractivity contribution in [1.82, 2.24) is 4.90 Å². The second kappa shape index (κ2) is 5.50. The van der Waals surface area contributed by atoms with Crippen LogP contribution < -0.4 is 5.73 Å². The molecule has 18 heavy (non-hydrogen) atoms. The van der Waals surface area contributed by atoms with Gasteiger partial charge in [0.15, 0.2) is 5.78 Å². The van der Waals surface area contributed by atoms with Crippen LogP contribution in [-0.2, 0) is 4.74 Å². The van der Waals surface area contributed by atoms with Crippen LogP contribution in [0.3, 0.4) is 0 Å². The van der Waals surface area contributed by atoms with E-state index in [4.69, 9.17) is 10.5 Å². The van der Waals surface area contributed by atoms with Gasteiger partial charge in [-0.2, -0.15) is 0 Å². The molecule has 4 heteroatoms. The SMILES string of the molecule is CC1CN(CC(=O)c2cccc(N)c2)CC(C)O1. The Morgan fingerprint density at radius 2 is 2.06 bits per heavy atom. The van der Waals surface area contributed by atoms with E-state index >= 15 is 0 Å². The molecule has 2 atom stereocenters. The third-order valence-electron chi connectivity index (χ3n) is 3.07. The van der Waals surface area contributed by atoms with Gasteiger partial charge in [0.1, 0.15) is 0 Å². The van der Waals surface area contributed by atoms with E-state index in [1.807, 2.05) is 26.0 Å². The van der Waals surface area contributed by atoms with E-state index in [0.717, 1.165) is 13.1 Å². The van der Waals surface area contributed by atoms with Crippen LogP contribution >= 0.6 is 0 Å². The van der Waals surface area contributed by atoms with Crippen LogP contribution in [0.25, 0.3) is 0 Å². The quantitative estimate of drug-likeness (QED) is 0.651. The van der Waals surface area contributed by atoms with E-state index in [1.165, 1.54) is 0 Å². The summed E-state index contributed by atoms with van der Waals surface area (Å²) in [6, 6.07) is 7.14. The summed E-state index contributed by atoms with van der Waals surface area (Å²) in [4.78, 5) is 14.3. The second-order valence-corrected chi connectivity index (χ2v) is 5.00. The first-order valence-electron chi connectivity index (χ1n) is 6.31. The van der Waals surface area contributed by atoms with E-state index < -0.39 is 0 Å². The normalized spacial score (nSPS) is 25.0. The summed E-state index contributed by atoms with van der Waals surface area (Å²) < 4.78 is 5.65. The molecule has 2 N–H and O–H groups in total. The van der Waals surface area contributed by atoms with Gasteiger partial charge in [0.25, 0.3) is 0 Å². The van der Waals surface area contributed by atoms with Gasteiger partial charge in [-0.3, -0.25) is 9.69 Å². The molecule has 0 spiro atoms. The molecule has 0 saturated carbocycles. The molecule has 0 aromatic heterocycles. The van der Waals surface area contributed by atoms with Gasteiger partial charge in [-0.05, 0) is 26.0 Å². The Morgan fingerprint density at radius 3 is 2.67 bits per heavy atom. The minimum absolute atomic E-state index is 0.114. The van der Waals surface area contributed by atoms with Crippen molar-refractivity contribution in [2.24, 2.45) is 0 Å². The zero-order valence-electron chi connectivity index (χ0n) is 10.9. The van der Waals surface area contributed by atoms with Crippen LogP contribution in [0.4, 0.5) is 5.69 Å². The Bertz CT molecular complexity index is 424. The number of ether oxygens (including phenoxy) is 1. The third-order valence-corrected chi connectivity index (χ3v) is 3.07. The average Bonchev–Trinajstić information content (AvgIpc) is 2.27. The van der Waals surface area contributed by atoms with Crippen molar-refractivity contribution in [2.75, 3.05) is 25.4 Å². The van der Waals surface area contributed by atoms with Crippen molar-refractivity contribution in [2.45, 2.75) is 26.1 Å². The van der Waals surface area contributed by atoms with Gasteiger partial charge in [0, 0.05) is 24.3 Å². The maximum atomic E-state index is 12.1. The van der Waals surface area contributed by atoms with Crippen molar-refractivity contribution >= 4 is 11.5 Å². The zero-order chi connectivity index (χ0) is 13.1. The monoisotopic (exact) mass is 248 g/mol. The van der Waals surface area contributed by atoms with Crippen LogP contribution in [0.5, 0.6) is 0 Å². The molecule has 1 saturated heterocycles. The van der Waals surface area contributed by atoms with Crippen molar-refractivity contribution in [1.29, 1.82) is 0 Å². The average molecular weight is 248 g/mol. The number of nitrogens with zero attached hydrogens (tertiary/aromatic N) is 1. The first-order valence-corrected chi connectivity index (χ1v) is 6.31. The first kappa shape index (κ1) is 13.1. The summed E-state index contributed by atoms with van der Waals surface area (Å²) in [5, 5.41) is 0. The Morgan fingerprint density at radius 1 is 1.39 bits per heavy atom. The number of carbonyl (C=O) groups is 1. The highest BCUT2D eigenvalue weighted by Crippen LogP contribution is 2.13. The summed E-state index contributed by atoms with van der Waals surface area (Å²) in [7, 11) is 0. The molecule has 1 aromatic rings. The fraction of sp³-hybridized carbons (Fsp3) is 0.500. The molecule has 0 aliphatic carbocycles. The number of anilines is 1. The van der Waals surface area contributed by atoms with Gasteiger partial charge in [0.2, 0.25) is 0 Å². The fourth-order valence-corrected chi connectivity index (χ4v) is 2.42. The highest BCUT2D eigenvalue weighted by atomic mass is 16.5. The Labute approximate surface area is 108 Å². The van der Waals surface area contributed by atoms with Crippen LogP contribution in [0.1, 0.15) is 24.2 Å². The largest absolute Gasteiger partial charge is 0.399 e. The van der Waals surface area contributed by atoms with Crippen molar-refractivity contribution < 1.29 is 9.53 Å². The van der Waals surface area contributed by atoms with Gasteiger partial charge < -0.3 is 10.5 Å². The maximum absolute atomic E-state index is 12.1. The molecular weight excluding hydrogens is 228 g/mol. The van der Waals surface area contributed by atoms with Crippen LogP contribution in [0, 0.1) is 0 Å². The summed E-state index contributed by atoms with van der Waals surface area (Å²) in [6.07, 6.45) is 0.366. The number of hydrogen-bond donors (Lipinski definition) is 1. The van der Waals surface area contributed by atoms with E-state index in [9.17, 15) is 4.79 Å². The molecule has 2 unspecified atom stereocenters. The van der Waals surface area contributed by atoms with Crippen molar-refractivity contribution in [3.8, 4) is 0 Å². The minimum atomic E-state index is 0.114. The van der Waals surface area contributed by atoms with E-state index in [1.54, 1.807) is 12.1 Å². The second-order valence-electron chi connectivity index (χ2n) is 5.00. The molecule has 1 aliphatic heterocycles. The number of hydrogen-bond acceptors (Lipinski definition) is 4. The van der Waals surface area contributed by atoms with Gasteiger partial charge in [-0.1, -0.05) is 12.1 Å². The van der Waals surface area contributed by atoms with Crippen LogP contribution in [0.15, 0.2) is 24.3 Å². The van der Waals surface area contributed by atoms with Gasteiger partial charge >= 0.3 is 0 Å². The molecular formula is C14H20N2O2. The number of nitrogen functional groups attached to an aromatic ring is 1. The molecule has 0 amide bonds. The molecule has 1 fully saturated rings. The molecule has 1 aromatic carbocycles. The number of rotatable bonds is 3. The molecule has 1 aliphatic rings. The number of Topliss-reactive ketones (excluding diaryl/α,β-unsaturated/α-hetero) is 1. The molecule has 98 valence electrons. The highest BCUT2D eigenvalue weighted by molar-refractivity contribution is 5.98. The number of morpholine rings is 1. The Hall–Kier alpha value is -1.39. The summed E-state index contributed by atoms with van der Waals surface area (Å²) in [6.45, 7) is 6.11. The molecule has 0 radical (unpaired) electrons. The molecule has 2 rings (SSSR count). The molecule has 1 heterocycles. The number of benzene rings is 1. The minimum Gasteiger partial charge on any atom is -0.399 e. The lowest BCUT2D eigenvalue weighted by Crippen LogP contribution is -2.47. The van der Waals surface area contributed by atoms with Crippen LogP contribution in [0.2, 0.25) is 0 Å². The lowest BCUT2D eigenvalue weighted by atomic mass is 10.1. The van der Waals surface area contributed by atoms with Crippen molar-refractivity contribution in [3.63, 3.8) is 0 Å². The van der Waals surface area contributed by atoms with Crippen molar-refractivity contribution in [3.05, 3.63) is 29.8 Å². The van der Waals surface area contributed by atoms with Gasteiger partial charge in [-0.25, -0.2) is 0 Å². The standard InChI is InChI=1S/C14H20N2O2/c1-10-7-16(8-11(2)18-10)9-14(17)12-4-3-5-13(15)6-12/h3-6,10-11H,7-9,15H2,1-2H3. The Kier molecular flexibility index (Phi) is 3.99. The summed E-state index contributed by atoms with van der Waals surface area (Å²) in [5.41, 5.74) is 7.00. The number of nitrogens with two attached hydrogens (primary N) is 1. The van der Waals surface area contributed by atoms with E-state index in [-0.39, 0.29) is 18.0 Å². The molecule has 0 bridgehead atoms. The fourth-order valence-electron chi connectivity index (χ4n) is 2.42. The summed E-state index contributed by atoms with van der Waals surface area (Å²) >= 11 is 0. The highest BCUT2D eigenvalue weighted by Gasteiger charge is 2.23. The Balaban J connectivity index is 1.99.